The van der Waals surface area contributed by atoms with Crippen molar-refractivity contribution in [3.8, 4) is 0 Å². The third-order valence-corrected chi connectivity index (χ3v) is 5.09. The molecule has 1 rings (SSSR count). The summed E-state index contributed by atoms with van der Waals surface area (Å²) in [4.78, 5) is 2.27. The van der Waals surface area contributed by atoms with Gasteiger partial charge in [0, 0.05) is 23.1 Å². The normalized spacial score (nSPS) is 14.2. The van der Waals surface area contributed by atoms with Gasteiger partial charge in [-0.25, -0.2) is 0 Å². The van der Waals surface area contributed by atoms with Gasteiger partial charge in [-0.2, -0.15) is 0 Å². The summed E-state index contributed by atoms with van der Waals surface area (Å²) in [5, 5.41) is 0.850. The summed E-state index contributed by atoms with van der Waals surface area (Å²) in [6.45, 7) is 10.00. The minimum atomic E-state index is -2.23. The predicted molar refractivity (Wildman–Crippen MR) is 81.3 cm³/mol. The molecule has 0 saturated heterocycles. The highest BCUT2D eigenvalue weighted by Gasteiger charge is 2.18. The van der Waals surface area contributed by atoms with Gasteiger partial charge in [0.05, 0.1) is 0 Å². The van der Waals surface area contributed by atoms with Gasteiger partial charge in [-0.1, -0.05) is 12.1 Å². The standard InChI is InChI=1S/C14H25N2OP/c1-10(2)16(4)11(3)13-8-7-12(9-14(13)15)18(5,6)17/h7-11H,15H2,1-6H3. The summed E-state index contributed by atoms with van der Waals surface area (Å²) in [7, 11) is -0.141. The van der Waals surface area contributed by atoms with E-state index in [0.29, 0.717) is 6.04 Å². The Kier molecular flexibility index (Phi) is 4.63. The van der Waals surface area contributed by atoms with Crippen molar-refractivity contribution in [1.29, 1.82) is 0 Å². The first-order valence-corrected chi connectivity index (χ1v) is 8.91. The van der Waals surface area contributed by atoms with Crippen LogP contribution in [-0.4, -0.2) is 31.3 Å². The molecule has 1 aromatic rings. The Labute approximate surface area is 111 Å². The maximum absolute atomic E-state index is 12.0. The number of nitrogens with two attached hydrogens (primary N) is 1. The number of benzene rings is 1. The number of anilines is 1. The van der Waals surface area contributed by atoms with E-state index in [-0.39, 0.29) is 6.04 Å². The van der Waals surface area contributed by atoms with Gasteiger partial charge in [-0.05, 0) is 52.8 Å². The number of hydrogen-bond donors (Lipinski definition) is 1. The minimum Gasteiger partial charge on any atom is -0.398 e. The average Bonchev–Trinajstić information content (AvgIpc) is 2.25. The molecule has 18 heavy (non-hydrogen) atoms. The first-order valence-electron chi connectivity index (χ1n) is 6.31. The second-order valence-corrected chi connectivity index (χ2v) is 8.82. The Balaban J connectivity index is 3.10. The van der Waals surface area contributed by atoms with Crippen molar-refractivity contribution in [3.05, 3.63) is 23.8 Å². The number of nitrogens with zero attached hydrogens (tertiary/aromatic N) is 1. The molecule has 3 nitrogen and oxygen atoms in total. The van der Waals surface area contributed by atoms with E-state index in [0.717, 1.165) is 16.6 Å². The summed E-state index contributed by atoms with van der Waals surface area (Å²) in [5.41, 5.74) is 7.94. The highest BCUT2D eigenvalue weighted by molar-refractivity contribution is 7.70. The zero-order valence-corrected chi connectivity index (χ0v) is 13.2. The van der Waals surface area contributed by atoms with Gasteiger partial charge in [0.15, 0.2) is 0 Å². The zero-order valence-electron chi connectivity index (χ0n) is 12.3. The maximum Gasteiger partial charge on any atom is 0.109 e. The highest BCUT2D eigenvalue weighted by atomic mass is 31.2. The van der Waals surface area contributed by atoms with Gasteiger partial charge >= 0.3 is 0 Å². The Morgan fingerprint density at radius 2 is 1.78 bits per heavy atom. The Morgan fingerprint density at radius 3 is 2.17 bits per heavy atom. The Morgan fingerprint density at radius 1 is 1.22 bits per heavy atom. The molecule has 0 aliphatic carbocycles. The molecule has 1 unspecified atom stereocenters. The Hall–Kier alpha value is -0.790. The highest BCUT2D eigenvalue weighted by Crippen LogP contribution is 2.36. The predicted octanol–water partition coefficient (Wildman–Crippen LogP) is 2.92. The summed E-state index contributed by atoms with van der Waals surface area (Å²) in [6.07, 6.45) is 0. The van der Waals surface area contributed by atoms with Crippen molar-refractivity contribution in [3.63, 3.8) is 0 Å². The molecule has 0 aromatic heterocycles. The molecule has 1 aromatic carbocycles. The molecule has 0 aliphatic heterocycles. The lowest BCUT2D eigenvalue weighted by Crippen LogP contribution is -2.30. The molecule has 1 atom stereocenters. The van der Waals surface area contributed by atoms with E-state index in [1.807, 2.05) is 18.2 Å². The van der Waals surface area contributed by atoms with E-state index in [1.165, 1.54) is 0 Å². The van der Waals surface area contributed by atoms with E-state index in [1.54, 1.807) is 13.3 Å². The SMILES string of the molecule is CC(C)N(C)C(C)c1ccc(P(C)(C)=O)cc1N. The quantitative estimate of drug-likeness (QED) is 0.674. The molecule has 0 bridgehead atoms. The molecule has 102 valence electrons. The van der Waals surface area contributed by atoms with Crippen molar-refractivity contribution < 1.29 is 4.57 Å². The molecule has 0 heterocycles. The fourth-order valence-electron chi connectivity index (χ4n) is 1.94. The van der Waals surface area contributed by atoms with Crippen LogP contribution in [0.25, 0.3) is 0 Å². The van der Waals surface area contributed by atoms with Gasteiger partial charge in [0.2, 0.25) is 0 Å². The molecule has 0 saturated carbocycles. The largest absolute Gasteiger partial charge is 0.398 e. The Bertz CT molecular complexity index is 465. The molecule has 4 heteroatoms. The van der Waals surface area contributed by atoms with Crippen LogP contribution in [-0.2, 0) is 4.57 Å². The van der Waals surface area contributed by atoms with E-state index >= 15 is 0 Å². The molecular formula is C14H25N2OP. The van der Waals surface area contributed by atoms with Crippen LogP contribution in [0, 0.1) is 0 Å². The van der Waals surface area contributed by atoms with Crippen LogP contribution in [0.2, 0.25) is 0 Å². The molecule has 0 radical (unpaired) electrons. The molecular weight excluding hydrogens is 243 g/mol. The number of hydrogen-bond acceptors (Lipinski definition) is 3. The second-order valence-electron chi connectivity index (χ2n) is 5.60. The van der Waals surface area contributed by atoms with Crippen LogP contribution >= 0.6 is 7.14 Å². The minimum absolute atomic E-state index is 0.257. The van der Waals surface area contributed by atoms with Crippen molar-refractivity contribution in [1.82, 2.24) is 4.90 Å². The van der Waals surface area contributed by atoms with Crippen molar-refractivity contribution in [2.45, 2.75) is 32.9 Å². The van der Waals surface area contributed by atoms with Crippen molar-refractivity contribution in [2.24, 2.45) is 0 Å². The van der Waals surface area contributed by atoms with Gasteiger partial charge in [-0.3, -0.25) is 4.90 Å². The van der Waals surface area contributed by atoms with Crippen LogP contribution in [0.4, 0.5) is 5.69 Å². The molecule has 0 fully saturated rings. The van der Waals surface area contributed by atoms with E-state index < -0.39 is 7.14 Å². The topological polar surface area (TPSA) is 46.3 Å². The third kappa shape index (κ3) is 3.37. The average molecular weight is 268 g/mol. The maximum atomic E-state index is 12.0. The fourth-order valence-corrected chi connectivity index (χ4v) is 2.83. The monoisotopic (exact) mass is 268 g/mol. The summed E-state index contributed by atoms with van der Waals surface area (Å²) in [5.74, 6) is 0. The van der Waals surface area contributed by atoms with Crippen molar-refractivity contribution >= 4 is 18.1 Å². The summed E-state index contributed by atoms with van der Waals surface area (Å²) >= 11 is 0. The lowest BCUT2D eigenvalue weighted by molar-refractivity contribution is 0.211. The first-order chi connectivity index (χ1) is 8.14. The smallest absolute Gasteiger partial charge is 0.109 e. The fraction of sp³-hybridized carbons (Fsp3) is 0.571. The van der Waals surface area contributed by atoms with Crippen LogP contribution in [0.3, 0.4) is 0 Å². The second kappa shape index (κ2) is 5.46. The van der Waals surface area contributed by atoms with Gasteiger partial charge < -0.3 is 10.3 Å². The summed E-state index contributed by atoms with van der Waals surface area (Å²) in [6, 6.07) is 6.53. The van der Waals surface area contributed by atoms with E-state index in [9.17, 15) is 4.57 Å². The number of rotatable bonds is 4. The van der Waals surface area contributed by atoms with Gasteiger partial charge in [0.1, 0.15) is 7.14 Å². The molecule has 0 spiro atoms. The lowest BCUT2D eigenvalue weighted by Gasteiger charge is -2.29. The van der Waals surface area contributed by atoms with E-state index in [2.05, 4.69) is 32.7 Å². The molecule has 0 amide bonds. The van der Waals surface area contributed by atoms with Crippen molar-refractivity contribution in [2.75, 3.05) is 26.1 Å². The third-order valence-electron chi connectivity index (χ3n) is 3.57. The van der Waals surface area contributed by atoms with E-state index in [4.69, 9.17) is 5.73 Å². The van der Waals surface area contributed by atoms with Gasteiger partial charge in [0.25, 0.3) is 0 Å². The zero-order chi connectivity index (χ0) is 14.1. The lowest BCUT2D eigenvalue weighted by atomic mass is 10.0. The van der Waals surface area contributed by atoms with Crippen LogP contribution < -0.4 is 11.0 Å². The molecule has 0 aliphatic rings. The molecule has 2 N–H and O–H groups in total. The van der Waals surface area contributed by atoms with Crippen LogP contribution in [0.1, 0.15) is 32.4 Å². The van der Waals surface area contributed by atoms with Gasteiger partial charge in [-0.15, -0.1) is 0 Å². The number of nitrogen functional groups attached to an aromatic ring is 1. The first kappa shape index (κ1) is 15.3. The summed E-state index contributed by atoms with van der Waals surface area (Å²) < 4.78 is 12.0. The van der Waals surface area contributed by atoms with Crippen LogP contribution in [0.15, 0.2) is 18.2 Å². The van der Waals surface area contributed by atoms with Crippen LogP contribution in [0.5, 0.6) is 0 Å².